The van der Waals surface area contributed by atoms with Gasteiger partial charge in [0.05, 0.1) is 16.6 Å². The van der Waals surface area contributed by atoms with Crippen LogP contribution in [0.3, 0.4) is 0 Å². The number of amidine groups is 1. The zero-order chi connectivity index (χ0) is 14.8. The van der Waals surface area contributed by atoms with Gasteiger partial charge in [0, 0.05) is 10.8 Å². The molecule has 6 heteroatoms. The normalized spacial score (nSPS) is 17.6. The van der Waals surface area contributed by atoms with Gasteiger partial charge in [0.1, 0.15) is 0 Å². The molecule has 0 saturated heterocycles. The van der Waals surface area contributed by atoms with Crippen LogP contribution in [0.2, 0.25) is 5.02 Å². The van der Waals surface area contributed by atoms with Gasteiger partial charge < -0.3 is 0 Å². The van der Waals surface area contributed by atoms with Crippen LogP contribution in [0, 0.1) is 0 Å². The third kappa shape index (κ3) is 3.15. The van der Waals surface area contributed by atoms with E-state index >= 15 is 0 Å². The first-order valence-corrected chi connectivity index (χ1v) is 8.73. The third-order valence-corrected chi connectivity index (χ3v) is 5.30. The number of carbonyl (C=O) groups is 1. The van der Waals surface area contributed by atoms with Crippen LogP contribution >= 0.6 is 34.7 Å². The summed E-state index contributed by atoms with van der Waals surface area (Å²) in [5.41, 5.74) is 0.790. The molecule has 2 aromatic rings. The summed E-state index contributed by atoms with van der Waals surface area (Å²) in [7, 11) is 0. The lowest BCUT2D eigenvalue weighted by Crippen LogP contribution is -2.34. The SMILES string of the molecule is C[C@@H]1CSC(N(C(=O)c2cccs2)c2ccc(Cl)cc2)=N1. The molecule has 1 aliphatic heterocycles. The third-order valence-electron chi connectivity index (χ3n) is 3.00. The van der Waals surface area contributed by atoms with Crippen LogP contribution in [0.5, 0.6) is 0 Å². The van der Waals surface area contributed by atoms with Crippen LogP contribution in [-0.2, 0) is 0 Å². The molecule has 0 unspecified atom stereocenters. The fraction of sp³-hybridized carbons (Fsp3) is 0.200. The van der Waals surface area contributed by atoms with Crippen molar-refractivity contribution in [3.05, 3.63) is 51.7 Å². The largest absolute Gasteiger partial charge is 0.274 e. The smallest absolute Gasteiger partial charge is 0.267 e. The van der Waals surface area contributed by atoms with E-state index in [1.54, 1.807) is 28.8 Å². The highest BCUT2D eigenvalue weighted by Gasteiger charge is 2.28. The number of nitrogens with zero attached hydrogens (tertiary/aromatic N) is 2. The van der Waals surface area contributed by atoms with Crippen molar-refractivity contribution >= 4 is 51.5 Å². The predicted molar refractivity (Wildman–Crippen MR) is 91.9 cm³/mol. The number of rotatable bonds is 2. The maximum absolute atomic E-state index is 12.8. The standard InChI is InChI=1S/C15H13ClN2OS2/c1-10-9-21-15(17-10)18(12-6-4-11(16)5-7-12)14(19)13-3-2-8-20-13/h2-8,10H,9H2,1H3/t10-/m1/s1. The van der Waals surface area contributed by atoms with Crippen LogP contribution in [0.15, 0.2) is 46.8 Å². The Kier molecular flexibility index (Phi) is 4.33. The van der Waals surface area contributed by atoms with Crippen LogP contribution in [-0.4, -0.2) is 22.9 Å². The van der Waals surface area contributed by atoms with Gasteiger partial charge in [0.2, 0.25) is 0 Å². The van der Waals surface area contributed by atoms with Gasteiger partial charge in [0.15, 0.2) is 5.17 Å². The molecule has 0 bridgehead atoms. The van der Waals surface area contributed by atoms with Crippen molar-refractivity contribution in [2.45, 2.75) is 13.0 Å². The summed E-state index contributed by atoms with van der Waals surface area (Å²) >= 11 is 8.99. The molecule has 3 rings (SSSR count). The maximum atomic E-state index is 12.8. The van der Waals surface area contributed by atoms with E-state index < -0.39 is 0 Å². The molecule has 0 N–H and O–H groups in total. The molecule has 1 aromatic heterocycles. The van der Waals surface area contributed by atoms with Crippen LogP contribution in [0.25, 0.3) is 0 Å². The summed E-state index contributed by atoms with van der Waals surface area (Å²) in [6.45, 7) is 2.05. The van der Waals surface area contributed by atoms with Crippen LogP contribution in [0.1, 0.15) is 16.6 Å². The topological polar surface area (TPSA) is 32.7 Å². The number of thiophene rings is 1. The number of hydrogen-bond acceptors (Lipinski definition) is 4. The Morgan fingerprint density at radius 1 is 1.33 bits per heavy atom. The van der Waals surface area contributed by atoms with E-state index in [2.05, 4.69) is 11.9 Å². The minimum Gasteiger partial charge on any atom is -0.267 e. The van der Waals surface area contributed by atoms with Crippen molar-refractivity contribution < 1.29 is 4.79 Å². The lowest BCUT2D eigenvalue weighted by molar-refractivity contribution is 0.101. The molecule has 1 aromatic carbocycles. The molecule has 1 atom stereocenters. The average Bonchev–Trinajstić information content (AvgIpc) is 3.13. The summed E-state index contributed by atoms with van der Waals surface area (Å²) in [6, 6.07) is 11.2. The summed E-state index contributed by atoms with van der Waals surface area (Å²) in [5, 5.41) is 3.30. The van der Waals surface area contributed by atoms with Gasteiger partial charge in [-0.3, -0.25) is 14.7 Å². The number of thioether (sulfide) groups is 1. The number of amides is 1. The summed E-state index contributed by atoms with van der Waals surface area (Å²) in [5.74, 6) is 0.851. The fourth-order valence-corrected chi connectivity index (χ4v) is 3.81. The molecule has 0 fully saturated rings. The zero-order valence-corrected chi connectivity index (χ0v) is 13.7. The van der Waals surface area contributed by atoms with E-state index in [0.29, 0.717) is 9.90 Å². The number of halogens is 1. The van der Waals surface area contributed by atoms with Crippen molar-refractivity contribution in [3.8, 4) is 0 Å². The number of carbonyl (C=O) groups excluding carboxylic acids is 1. The minimum absolute atomic E-state index is 0.0485. The molecule has 1 amide bonds. The monoisotopic (exact) mass is 336 g/mol. The highest BCUT2D eigenvalue weighted by molar-refractivity contribution is 8.14. The van der Waals surface area contributed by atoms with Gasteiger partial charge >= 0.3 is 0 Å². The van der Waals surface area contributed by atoms with E-state index in [0.717, 1.165) is 16.6 Å². The number of benzene rings is 1. The Morgan fingerprint density at radius 3 is 2.67 bits per heavy atom. The summed E-state index contributed by atoms with van der Waals surface area (Å²) in [4.78, 5) is 19.7. The van der Waals surface area contributed by atoms with Crippen molar-refractivity contribution in [2.24, 2.45) is 4.99 Å². The average molecular weight is 337 g/mol. The molecule has 1 aliphatic rings. The highest BCUT2D eigenvalue weighted by Crippen LogP contribution is 2.29. The zero-order valence-electron chi connectivity index (χ0n) is 11.3. The van der Waals surface area contributed by atoms with Crippen molar-refractivity contribution in [1.82, 2.24) is 0 Å². The lowest BCUT2D eigenvalue weighted by atomic mass is 10.3. The van der Waals surface area contributed by atoms with Crippen LogP contribution in [0.4, 0.5) is 5.69 Å². The second kappa shape index (κ2) is 6.22. The number of anilines is 1. The Balaban J connectivity index is 2.01. The number of hydrogen-bond donors (Lipinski definition) is 0. The van der Waals surface area contributed by atoms with E-state index in [4.69, 9.17) is 11.6 Å². The first-order chi connectivity index (χ1) is 10.1. The second-order valence-corrected chi connectivity index (χ2v) is 7.04. The Labute approximate surface area is 136 Å². The molecule has 21 heavy (non-hydrogen) atoms. The summed E-state index contributed by atoms with van der Waals surface area (Å²) in [6.07, 6.45) is 0. The highest BCUT2D eigenvalue weighted by atomic mass is 35.5. The van der Waals surface area contributed by atoms with Crippen molar-refractivity contribution in [1.29, 1.82) is 0 Å². The first kappa shape index (κ1) is 14.6. The number of aliphatic imine (C=N–C) groups is 1. The summed E-state index contributed by atoms with van der Waals surface area (Å²) < 4.78 is 0. The van der Waals surface area contributed by atoms with Gasteiger partial charge in [-0.1, -0.05) is 29.4 Å². The molecular weight excluding hydrogens is 324 g/mol. The van der Waals surface area contributed by atoms with Crippen molar-refractivity contribution in [2.75, 3.05) is 10.7 Å². The van der Waals surface area contributed by atoms with E-state index in [1.165, 1.54) is 11.3 Å². The molecule has 0 radical (unpaired) electrons. The Morgan fingerprint density at radius 2 is 2.10 bits per heavy atom. The van der Waals surface area contributed by atoms with E-state index in [1.807, 2.05) is 29.6 Å². The molecular formula is C15H13ClN2OS2. The molecule has 0 aliphatic carbocycles. The molecule has 3 nitrogen and oxygen atoms in total. The molecule has 2 heterocycles. The Bertz CT molecular complexity index is 667. The quantitative estimate of drug-likeness (QED) is 0.806. The maximum Gasteiger partial charge on any atom is 0.274 e. The molecule has 0 spiro atoms. The molecule has 108 valence electrons. The van der Waals surface area contributed by atoms with Gasteiger partial charge in [0.25, 0.3) is 5.91 Å². The van der Waals surface area contributed by atoms with Crippen LogP contribution < -0.4 is 4.90 Å². The second-order valence-electron chi connectivity index (χ2n) is 4.67. The molecule has 0 saturated carbocycles. The first-order valence-electron chi connectivity index (χ1n) is 6.49. The van der Waals surface area contributed by atoms with E-state index in [9.17, 15) is 4.79 Å². The predicted octanol–water partition coefficient (Wildman–Crippen LogP) is 4.54. The fourth-order valence-electron chi connectivity index (χ4n) is 2.00. The Hall–Kier alpha value is -1.30. The van der Waals surface area contributed by atoms with E-state index in [-0.39, 0.29) is 11.9 Å². The minimum atomic E-state index is -0.0485. The van der Waals surface area contributed by atoms with Gasteiger partial charge in [-0.25, -0.2) is 0 Å². The van der Waals surface area contributed by atoms with Gasteiger partial charge in [-0.05, 0) is 42.6 Å². The van der Waals surface area contributed by atoms with Crippen molar-refractivity contribution in [3.63, 3.8) is 0 Å². The van der Waals surface area contributed by atoms with Gasteiger partial charge in [-0.15, -0.1) is 11.3 Å². The van der Waals surface area contributed by atoms with Gasteiger partial charge in [-0.2, -0.15) is 0 Å². The lowest BCUT2D eigenvalue weighted by Gasteiger charge is -2.21.